The van der Waals surface area contributed by atoms with E-state index < -0.39 is 10.0 Å². The maximum absolute atomic E-state index is 13.0. The van der Waals surface area contributed by atoms with Crippen LogP contribution in [-0.2, 0) is 25.4 Å². The quantitative estimate of drug-likeness (QED) is 0.737. The van der Waals surface area contributed by atoms with E-state index in [1.807, 2.05) is 42.2 Å². The van der Waals surface area contributed by atoms with Crippen LogP contribution in [0.5, 0.6) is 0 Å². The van der Waals surface area contributed by atoms with Gasteiger partial charge in [0.1, 0.15) is 0 Å². The van der Waals surface area contributed by atoms with Gasteiger partial charge in [0.2, 0.25) is 21.8 Å². The molecule has 0 aromatic heterocycles. The summed E-state index contributed by atoms with van der Waals surface area (Å²) in [6, 6.07) is 9.23. The third kappa shape index (κ3) is 3.36. The van der Waals surface area contributed by atoms with Gasteiger partial charge in [-0.25, -0.2) is 12.7 Å². The van der Waals surface area contributed by atoms with Crippen molar-refractivity contribution in [2.75, 3.05) is 32.7 Å². The van der Waals surface area contributed by atoms with E-state index >= 15 is 0 Å². The Morgan fingerprint density at radius 2 is 1.79 bits per heavy atom. The van der Waals surface area contributed by atoms with Crippen molar-refractivity contribution in [3.8, 4) is 0 Å². The van der Waals surface area contributed by atoms with Crippen LogP contribution in [0.1, 0.15) is 32.3 Å². The standard InChI is InChI=1S/C21H29N3O4S/c1-3-24-20(26)18-13-22(16(2)25)14-19(18)21(24)9-11-23(12-10-21)29(27,28)15-17-7-5-4-6-8-17/h4-8,18-19H,3,9-15H2,1-2H3/t18-,19-/m0/s1. The van der Waals surface area contributed by atoms with E-state index in [1.54, 1.807) is 16.1 Å². The minimum atomic E-state index is -3.40. The predicted molar refractivity (Wildman–Crippen MR) is 109 cm³/mol. The Balaban J connectivity index is 1.52. The Hall–Kier alpha value is -1.93. The fraction of sp³-hybridized carbons (Fsp3) is 0.619. The lowest BCUT2D eigenvalue weighted by molar-refractivity contribution is -0.136. The largest absolute Gasteiger partial charge is 0.342 e. The number of carbonyl (C=O) groups is 2. The molecule has 29 heavy (non-hydrogen) atoms. The van der Waals surface area contributed by atoms with Gasteiger partial charge in [0.25, 0.3) is 0 Å². The molecule has 3 heterocycles. The highest BCUT2D eigenvalue weighted by atomic mass is 32.2. The number of nitrogens with zero attached hydrogens (tertiary/aromatic N) is 3. The first kappa shape index (κ1) is 20.3. The molecule has 0 N–H and O–H groups in total. The number of hydrogen-bond donors (Lipinski definition) is 0. The lowest BCUT2D eigenvalue weighted by Crippen LogP contribution is -2.58. The first-order chi connectivity index (χ1) is 13.8. The van der Waals surface area contributed by atoms with Crippen LogP contribution >= 0.6 is 0 Å². The number of likely N-dealkylation sites (tertiary alicyclic amines) is 2. The van der Waals surface area contributed by atoms with Gasteiger partial charge in [-0.2, -0.15) is 0 Å². The highest BCUT2D eigenvalue weighted by Gasteiger charge is 2.61. The molecular weight excluding hydrogens is 390 g/mol. The lowest BCUT2D eigenvalue weighted by Gasteiger charge is -2.47. The van der Waals surface area contributed by atoms with Crippen LogP contribution in [-0.4, -0.2) is 72.6 Å². The Labute approximate surface area is 172 Å². The van der Waals surface area contributed by atoms with Gasteiger partial charge in [-0.15, -0.1) is 0 Å². The van der Waals surface area contributed by atoms with Crippen molar-refractivity contribution >= 4 is 21.8 Å². The summed E-state index contributed by atoms with van der Waals surface area (Å²) in [5.41, 5.74) is 0.450. The molecule has 1 aromatic carbocycles. The maximum Gasteiger partial charge on any atom is 0.228 e. The zero-order valence-electron chi connectivity index (χ0n) is 17.1. The van der Waals surface area contributed by atoms with Gasteiger partial charge in [-0.1, -0.05) is 30.3 Å². The second kappa shape index (κ2) is 7.40. The molecule has 0 saturated carbocycles. The first-order valence-electron chi connectivity index (χ1n) is 10.4. The van der Waals surface area contributed by atoms with E-state index in [2.05, 4.69) is 0 Å². The van der Waals surface area contributed by atoms with Gasteiger partial charge >= 0.3 is 0 Å². The number of amides is 2. The lowest BCUT2D eigenvalue weighted by atomic mass is 9.75. The number of piperidine rings is 1. The van der Waals surface area contributed by atoms with Crippen molar-refractivity contribution in [2.45, 2.75) is 38.0 Å². The van der Waals surface area contributed by atoms with Crippen LogP contribution in [0.25, 0.3) is 0 Å². The molecule has 2 amide bonds. The molecule has 7 nitrogen and oxygen atoms in total. The van der Waals surface area contributed by atoms with Gasteiger partial charge in [0.15, 0.2) is 0 Å². The molecule has 4 rings (SSSR count). The number of benzene rings is 1. The number of rotatable bonds is 4. The number of hydrogen-bond acceptors (Lipinski definition) is 4. The summed E-state index contributed by atoms with van der Waals surface area (Å²) in [6.07, 6.45) is 1.26. The fourth-order valence-electron chi connectivity index (χ4n) is 5.61. The van der Waals surface area contributed by atoms with Crippen LogP contribution in [0.4, 0.5) is 0 Å². The zero-order valence-corrected chi connectivity index (χ0v) is 17.9. The summed E-state index contributed by atoms with van der Waals surface area (Å²) < 4.78 is 27.4. The smallest absolute Gasteiger partial charge is 0.228 e. The van der Waals surface area contributed by atoms with E-state index in [4.69, 9.17) is 0 Å². The normalized spacial score (nSPS) is 26.9. The van der Waals surface area contributed by atoms with E-state index in [0.717, 1.165) is 5.56 Å². The number of fused-ring (bicyclic) bond motifs is 2. The van der Waals surface area contributed by atoms with Crippen molar-refractivity contribution in [3.63, 3.8) is 0 Å². The van der Waals surface area contributed by atoms with Crippen LogP contribution < -0.4 is 0 Å². The fourth-order valence-corrected chi connectivity index (χ4v) is 7.15. The Morgan fingerprint density at radius 3 is 2.38 bits per heavy atom. The van der Waals surface area contributed by atoms with Gasteiger partial charge in [-0.3, -0.25) is 9.59 Å². The molecule has 1 aromatic rings. The molecule has 3 fully saturated rings. The molecule has 0 radical (unpaired) electrons. The van der Waals surface area contributed by atoms with Crippen molar-refractivity contribution in [1.29, 1.82) is 0 Å². The van der Waals surface area contributed by atoms with Crippen molar-refractivity contribution in [3.05, 3.63) is 35.9 Å². The Bertz CT molecular complexity index is 894. The predicted octanol–water partition coefficient (Wildman–Crippen LogP) is 1.31. The molecule has 158 valence electrons. The summed E-state index contributed by atoms with van der Waals surface area (Å²) in [4.78, 5) is 28.7. The zero-order chi connectivity index (χ0) is 20.8. The topological polar surface area (TPSA) is 78.0 Å². The number of sulfonamides is 1. The number of carbonyl (C=O) groups excluding carboxylic acids is 2. The maximum atomic E-state index is 13.0. The van der Waals surface area contributed by atoms with E-state index in [9.17, 15) is 18.0 Å². The summed E-state index contributed by atoms with van der Waals surface area (Å²) in [7, 11) is -3.40. The van der Waals surface area contributed by atoms with E-state index in [0.29, 0.717) is 45.6 Å². The van der Waals surface area contributed by atoms with Gasteiger partial charge < -0.3 is 9.80 Å². The van der Waals surface area contributed by atoms with Crippen LogP contribution in [0.2, 0.25) is 0 Å². The third-order valence-corrected chi connectivity index (χ3v) is 8.92. The van der Waals surface area contributed by atoms with Crippen LogP contribution in [0.15, 0.2) is 30.3 Å². The van der Waals surface area contributed by atoms with Gasteiger partial charge in [-0.05, 0) is 25.3 Å². The highest BCUT2D eigenvalue weighted by molar-refractivity contribution is 7.88. The van der Waals surface area contributed by atoms with Gasteiger partial charge in [0, 0.05) is 45.6 Å². The van der Waals surface area contributed by atoms with Gasteiger partial charge in [0.05, 0.1) is 17.2 Å². The third-order valence-electron chi connectivity index (χ3n) is 7.07. The molecule has 0 bridgehead atoms. The second-order valence-electron chi connectivity index (χ2n) is 8.46. The molecule has 0 aliphatic carbocycles. The first-order valence-corrected chi connectivity index (χ1v) is 12.0. The van der Waals surface area contributed by atoms with E-state index in [1.165, 1.54) is 0 Å². The summed E-state index contributed by atoms with van der Waals surface area (Å²) in [6.45, 7) is 6.09. The van der Waals surface area contributed by atoms with Crippen molar-refractivity contribution in [1.82, 2.24) is 14.1 Å². The average molecular weight is 420 g/mol. The molecule has 1 spiro atoms. The molecule has 0 unspecified atom stereocenters. The van der Waals surface area contributed by atoms with Crippen LogP contribution in [0, 0.1) is 11.8 Å². The molecule has 3 aliphatic rings. The van der Waals surface area contributed by atoms with E-state index in [-0.39, 0.29) is 34.9 Å². The van der Waals surface area contributed by atoms with Crippen molar-refractivity contribution in [2.24, 2.45) is 11.8 Å². The molecule has 3 saturated heterocycles. The minimum Gasteiger partial charge on any atom is -0.342 e. The molecule has 2 atom stereocenters. The summed E-state index contributed by atoms with van der Waals surface area (Å²) in [5.74, 6) is 0.0841. The minimum absolute atomic E-state index is 0.00142. The molecule has 8 heteroatoms. The second-order valence-corrected chi connectivity index (χ2v) is 10.4. The summed E-state index contributed by atoms with van der Waals surface area (Å²) >= 11 is 0. The monoisotopic (exact) mass is 419 g/mol. The van der Waals surface area contributed by atoms with Crippen LogP contribution in [0.3, 0.4) is 0 Å². The van der Waals surface area contributed by atoms with Crippen molar-refractivity contribution < 1.29 is 18.0 Å². The average Bonchev–Trinajstić information content (AvgIpc) is 3.22. The SMILES string of the molecule is CCN1C(=O)[C@H]2CN(C(C)=O)C[C@@H]2C12CCN(S(=O)(=O)Cc1ccccc1)CC2. The Morgan fingerprint density at radius 1 is 1.14 bits per heavy atom. The highest BCUT2D eigenvalue weighted by Crippen LogP contribution is 2.49. The Kier molecular flexibility index (Phi) is 5.19. The molecule has 3 aliphatic heterocycles. The molecular formula is C21H29N3O4S. The summed E-state index contributed by atoms with van der Waals surface area (Å²) in [5, 5.41) is 0.